The summed E-state index contributed by atoms with van der Waals surface area (Å²) in [5, 5.41) is 0. The van der Waals surface area contributed by atoms with Crippen molar-refractivity contribution in [1.29, 1.82) is 0 Å². The van der Waals surface area contributed by atoms with Gasteiger partial charge in [0.05, 0.1) is 0 Å². The lowest BCUT2D eigenvalue weighted by Gasteiger charge is -1.95. The molecule has 0 spiro atoms. The van der Waals surface area contributed by atoms with E-state index in [1.165, 1.54) is 30.4 Å². The minimum absolute atomic E-state index is 1.11. The first-order valence-corrected chi connectivity index (χ1v) is 5.22. The second kappa shape index (κ2) is 7.85. The molecule has 0 N–H and O–H groups in total. The summed E-state index contributed by atoms with van der Waals surface area (Å²) in [5.41, 5.74) is 2.67. The molecule has 13 heavy (non-hydrogen) atoms. The summed E-state index contributed by atoms with van der Waals surface area (Å²) >= 11 is 0. The van der Waals surface area contributed by atoms with Crippen LogP contribution in [0.15, 0.2) is 36.0 Å². The molecule has 0 heterocycles. The SMILES string of the molecule is C=C(/C=C\C=C(\C)CCC)CCC. The zero-order chi connectivity index (χ0) is 10.1. The van der Waals surface area contributed by atoms with Gasteiger partial charge in [0.1, 0.15) is 0 Å². The molecule has 0 aliphatic carbocycles. The molecule has 0 atom stereocenters. The summed E-state index contributed by atoms with van der Waals surface area (Å²) in [4.78, 5) is 0. The zero-order valence-electron chi connectivity index (χ0n) is 9.27. The van der Waals surface area contributed by atoms with E-state index in [0.717, 1.165) is 6.42 Å². The molecule has 0 bridgehead atoms. The second-order valence-corrected chi connectivity index (χ2v) is 3.53. The highest BCUT2D eigenvalue weighted by Crippen LogP contribution is 2.06. The standard InChI is InChI=1S/C13H22/c1-5-8-12(3)10-7-11-13(4)9-6-2/h7,10-11H,3,5-6,8-9H2,1-2,4H3/b10-7-,13-11-. The second-order valence-electron chi connectivity index (χ2n) is 3.53. The van der Waals surface area contributed by atoms with E-state index >= 15 is 0 Å². The predicted molar refractivity (Wildman–Crippen MR) is 61.9 cm³/mol. The average molecular weight is 178 g/mol. The van der Waals surface area contributed by atoms with Crippen molar-refractivity contribution in [1.82, 2.24) is 0 Å². The van der Waals surface area contributed by atoms with Crippen molar-refractivity contribution in [2.75, 3.05) is 0 Å². The molecule has 0 rings (SSSR count). The van der Waals surface area contributed by atoms with Gasteiger partial charge in [0.25, 0.3) is 0 Å². The van der Waals surface area contributed by atoms with Crippen LogP contribution in [0.1, 0.15) is 46.5 Å². The smallest absolute Gasteiger partial charge is 0.0287 e. The van der Waals surface area contributed by atoms with E-state index in [1.54, 1.807) is 0 Å². The molecule has 0 amide bonds. The third-order valence-electron chi connectivity index (χ3n) is 1.93. The van der Waals surface area contributed by atoms with Gasteiger partial charge >= 0.3 is 0 Å². The fraction of sp³-hybridized carbons (Fsp3) is 0.538. The van der Waals surface area contributed by atoms with Crippen LogP contribution in [0.5, 0.6) is 0 Å². The quantitative estimate of drug-likeness (QED) is 0.519. The Morgan fingerprint density at radius 1 is 1.15 bits per heavy atom. The highest BCUT2D eigenvalue weighted by molar-refractivity contribution is 5.21. The summed E-state index contributed by atoms with van der Waals surface area (Å²) in [7, 11) is 0. The first-order chi connectivity index (χ1) is 6.20. The van der Waals surface area contributed by atoms with Crippen molar-refractivity contribution in [3.63, 3.8) is 0 Å². The lowest BCUT2D eigenvalue weighted by atomic mass is 10.1. The van der Waals surface area contributed by atoms with Crippen LogP contribution < -0.4 is 0 Å². The van der Waals surface area contributed by atoms with E-state index in [1.807, 2.05) is 0 Å². The summed E-state index contributed by atoms with van der Waals surface area (Å²) < 4.78 is 0. The van der Waals surface area contributed by atoms with Gasteiger partial charge in [-0.1, -0.05) is 62.6 Å². The molecule has 0 saturated heterocycles. The van der Waals surface area contributed by atoms with Gasteiger partial charge in [-0.05, 0) is 19.8 Å². The third-order valence-corrected chi connectivity index (χ3v) is 1.93. The normalized spacial score (nSPS) is 12.4. The molecular weight excluding hydrogens is 156 g/mol. The Morgan fingerprint density at radius 3 is 2.31 bits per heavy atom. The molecule has 0 saturated carbocycles. The lowest BCUT2D eigenvalue weighted by molar-refractivity contribution is 0.905. The molecule has 0 aromatic carbocycles. The molecule has 0 heteroatoms. The van der Waals surface area contributed by atoms with Crippen molar-refractivity contribution in [3.05, 3.63) is 36.0 Å². The van der Waals surface area contributed by atoms with E-state index in [4.69, 9.17) is 0 Å². The zero-order valence-corrected chi connectivity index (χ0v) is 9.27. The molecular formula is C13H22. The van der Waals surface area contributed by atoms with Gasteiger partial charge in [0.15, 0.2) is 0 Å². The van der Waals surface area contributed by atoms with Gasteiger partial charge in [-0.3, -0.25) is 0 Å². The predicted octanol–water partition coefficient (Wildman–Crippen LogP) is 4.65. The Labute approximate surface area is 83.0 Å². The summed E-state index contributed by atoms with van der Waals surface area (Å²) in [6, 6.07) is 0. The van der Waals surface area contributed by atoms with Crippen LogP contribution in [-0.2, 0) is 0 Å². The molecule has 0 aromatic heterocycles. The van der Waals surface area contributed by atoms with Crippen molar-refractivity contribution in [2.24, 2.45) is 0 Å². The van der Waals surface area contributed by atoms with Crippen molar-refractivity contribution >= 4 is 0 Å². The minimum atomic E-state index is 1.11. The maximum atomic E-state index is 3.97. The van der Waals surface area contributed by atoms with Crippen LogP contribution in [0.3, 0.4) is 0 Å². The van der Waals surface area contributed by atoms with E-state index in [-0.39, 0.29) is 0 Å². The van der Waals surface area contributed by atoms with Crippen LogP contribution in [-0.4, -0.2) is 0 Å². The fourth-order valence-corrected chi connectivity index (χ4v) is 1.23. The van der Waals surface area contributed by atoms with Gasteiger partial charge in [-0.2, -0.15) is 0 Å². The Kier molecular flexibility index (Phi) is 7.38. The van der Waals surface area contributed by atoms with Crippen LogP contribution in [0, 0.1) is 0 Å². The van der Waals surface area contributed by atoms with Crippen LogP contribution in [0.4, 0.5) is 0 Å². The molecule has 0 aliphatic rings. The summed E-state index contributed by atoms with van der Waals surface area (Å²) in [6.07, 6.45) is 11.1. The first kappa shape index (κ1) is 12.2. The first-order valence-electron chi connectivity index (χ1n) is 5.22. The van der Waals surface area contributed by atoms with E-state index in [9.17, 15) is 0 Å². The van der Waals surface area contributed by atoms with Gasteiger partial charge in [0.2, 0.25) is 0 Å². The molecule has 0 aromatic rings. The van der Waals surface area contributed by atoms with Crippen LogP contribution in [0.2, 0.25) is 0 Å². The van der Waals surface area contributed by atoms with Gasteiger partial charge in [-0.25, -0.2) is 0 Å². The largest absolute Gasteiger partial charge is 0.0958 e. The Hall–Kier alpha value is -0.780. The molecule has 0 nitrogen and oxygen atoms in total. The number of rotatable bonds is 6. The van der Waals surface area contributed by atoms with E-state index < -0.39 is 0 Å². The van der Waals surface area contributed by atoms with E-state index in [2.05, 4.69) is 45.6 Å². The highest BCUT2D eigenvalue weighted by Gasteiger charge is 1.85. The maximum Gasteiger partial charge on any atom is -0.0287 e. The molecule has 74 valence electrons. The number of hydrogen-bond donors (Lipinski definition) is 0. The average Bonchev–Trinajstić information content (AvgIpc) is 2.05. The van der Waals surface area contributed by atoms with Gasteiger partial charge in [0, 0.05) is 0 Å². The van der Waals surface area contributed by atoms with Gasteiger partial charge < -0.3 is 0 Å². The Balaban J connectivity index is 3.84. The van der Waals surface area contributed by atoms with Crippen LogP contribution >= 0.6 is 0 Å². The van der Waals surface area contributed by atoms with E-state index in [0.29, 0.717) is 0 Å². The lowest BCUT2D eigenvalue weighted by Crippen LogP contribution is -1.75. The Morgan fingerprint density at radius 2 is 1.77 bits per heavy atom. The number of allylic oxidation sites excluding steroid dienone is 5. The van der Waals surface area contributed by atoms with Crippen molar-refractivity contribution < 1.29 is 0 Å². The van der Waals surface area contributed by atoms with Crippen molar-refractivity contribution in [3.8, 4) is 0 Å². The third kappa shape index (κ3) is 7.58. The molecule has 0 fully saturated rings. The van der Waals surface area contributed by atoms with Crippen LogP contribution in [0.25, 0.3) is 0 Å². The topological polar surface area (TPSA) is 0 Å². The minimum Gasteiger partial charge on any atom is -0.0958 e. The Bertz CT molecular complexity index is 194. The monoisotopic (exact) mass is 178 g/mol. The molecule has 0 aliphatic heterocycles. The number of hydrogen-bond acceptors (Lipinski definition) is 0. The summed E-state index contributed by atoms with van der Waals surface area (Å²) in [6.45, 7) is 10.5. The summed E-state index contributed by atoms with van der Waals surface area (Å²) in [5.74, 6) is 0. The van der Waals surface area contributed by atoms with Crippen molar-refractivity contribution in [2.45, 2.75) is 46.5 Å². The molecule has 0 unspecified atom stereocenters. The van der Waals surface area contributed by atoms with Gasteiger partial charge in [-0.15, -0.1) is 0 Å². The highest BCUT2D eigenvalue weighted by atomic mass is 13.9. The maximum absolute atomic E-state index is 3.97. The molecule has 0 radical (unpaired) electrons. The fourth-order valence-electron chi connectivity index (χ4n) is 1.23.